The molecule has 1 saturated heterocycles. The van der Waals surface area contributed by atoms with Gasteiger partial charge in [0, 0.05) is 43.8 Å². The summed E-state index contributed by atoms with van der Waals surface area (Å²) < 4.78 is 5.11. The highest BCUT2D eigenvalue weighted by Crippen LogP contribution is 2.27. The van der Waals surface area contributed by atoms with E-state index in [0.717, 1.165) is 26.2 Å². The van der Waals surface area contributed by atoms with Crippen molar-refractivity contribution in [2.45, 2.75) is 13.8 Å². The van der Waals surface area contributed by atoms with Gasteiger partial charge in [-0.2, -0.15) is 5.26 Å². The smallest absolute Gasteiger partial charge is 0.267 e. The molecule has 2 aromatic carbocycles. The zero-order valence-electron chi connectivity index (χ0n) is 17.8. The number of anilines is 2. The predicted octanol–water partition coefficient (Wildman–Crippen LogP) is 4.56. The van der Waals surface area contributed by atoms with Gasteiger partial charge < -0.3 is 19.9 Å². The number of amides is 1. The predicted molar refractivity (Wildman–Crippen MR) is 127 cm³/mol. The fourth-order valence-corrected chi connectivity index (χ4v) is 3.69. The van der Waals surface area contributed by atoms with E-state index in [-0.39, 0.29) is 18.0 Å². The van der Waals surface area contributed by atoms with E-state index in [2.05, 4.69) is 42.3 Å². The molecule has 0 spiro atoms. The van der Waals surface area contributed by atoms with Gasteiger partial charge in [0.2, 0.25) is 0 Å². The summed E-state index contributed by atoms with van der Waals surface area (Å²) in [5, 5.41) is 12.6. The lowest BCUT2D eigenvalue weighted by Gasteiger charge is -2.36. The van der Waals surface area contributed by atoms with Crippen molar-refractivity contribution in [2.24, 2.45) is 0 Å². The van der Waals surface area contributed by atoms with Crippen molar-refractivity contribution < 1.29 is 9.53 Å². The summed E-state index contributed by atoms with van der Waals surface area (Å²) >= 11 is 6.10. The minimum Gasteiger partial charge on any atom is -0.495 e. The van der Waals surface area contributed by atoms with E-state index in [4.69, 9.17) is 16.3 Å². The van der Waals surface area contributed by atoms with E-state index < -0.39 is 5.91 Å². The van der Waals surface area contributed by atoms with Crippen LogP contribution in [0.1, 0.15) is 11.1 Å². The molecule has 6 nitrogen and oxygen atoms in total. The average Bonchev–Trinajstić information content (AvgIpc) is 2.74. The van der Waals surface area contributed by atoms with E-state index >= 15 is 0 Å². The highest BCUT2D eigenvalue weighted by Gasteiger charge is 2.19. The number of nitrogens with one attached hydrogen (secondary N) is 1. The fraction of sp³-hybridized carbons (Fsp3) is 0.304. The molecule has 1 N–H and O–H groups in total. The third kappa shape index (κ3) is 5.84. The summed E-state index contributed by atoms with van der Waals surface area (Å²) in [6, 6.07) is 13.3. The molecule has 0 aliphatic carbocycles. The maximum atomic E-state index is 12.5. The second kappa shape index (κ2) is 10.9. The number of carbonyl (C=O) groups is 1. The quantitative estimate of drug-likeness (QED) is 0.523. The number of hydrogen-bond acceptors (Lipinski definition) is 5. The number of hydrogen-bond donors (Lipinski definition) is 1. The van der Waals surface area contributed by atoms with Crippen molar-refractivity contribution in [3.05, 3.63) is 64.3 Å². The summed E-state index contributed by atoms with van der Waals surface area (Å²) in [5.41, 5.74) is 4.37. The maximum Gasteiger partial charge on any atom is 0.267 e. The Hall–Kier alpha value is -2.88. The van der Waals surface area contributed by atoms with Crippen LogP contribution in [0, 0.1) is 25.2 Å². The van der Waals surface area contributed by atoms with Gasteiger partial charge in [-0.1, -0.05) is 23.7 Å². The molecule has 1 heterocycles. The number of nitriles is 1. The molecule has 1 amide bonds. The summed E-state index contributed by atoms with van der Waals surface area (Å²) in [6.45, 7) is 7.39. The van der Waals surface area contributed by atoms with Crippen molar-refractivity contribution in [2.75, 3.05) is 43.5 Å². The van der Waals surface area contributed by atoms with Crippen molar-refractivity contribution >= 4 is 41.3 Å². The Kier molecular flexibility index (Phi) is 8.61. The molecule has 1 aliphatic heterocycles. The number of piperazine rings is 1. The summed E-state index contributed by atoms with van der Waals surface area (Å²) in [5.74, 6) is 0.0584. The lowest BCUT2D eigenvalue weighted by Crippen LogP contribution is -2.44. The zero-order valence-corrected chi connectivity index (χ0v) is 19.4. The van der Waals surface area contributed by atoms with Gasteiger partial charge in [0.25, 0.3) is 5.91 Å². The van der Waals surface area contributed by atoms with Crippen LogP contribution in [0.25, 0.3) is 0 Å². The SMILES string of the molecule is COc1ccc(NC(=O)/C(C#N)=C\N2CCN(c3cccc(C)c3C)CC2)cc1Cl.Cl. The highest BCUT2D eigenvalue weighted by atomic mass is 35.5. The number of nitrogens with zero attached hydrogens (tertiary/aromatic N) is 3. The van der Waals surface area contributed by atoms with E-state index in [1.165, 1.54) is 23.9 Å². The van der Waals surface area contributed by atoms with Gasteiger partial charge in [-0.25, -0.2) is 0 Å². The largest absolute Gasteiger partial charge is 0.495 e. The number of ether oxygens (including phenoxy) is 1. The number of aryl methyl sites for hydroxylation is 1. The fourth-order valence-electron chi connectivity index (χ4n) is 3.43. The molecule has 0 atom stereocenters. The Morgan fingerprint density at radius 2 is 1.90 bits per heavy atom. The molecule has 0 radical (unpaired) electrons. The molecule has 3 rings (SSSR count). The van der Waals surface area contributed by atoms with Crippen LogP contribution in [0.5, 0.6) is 5.75 Å². The first-order valence-corrected chi connectivity index (χ1v) is 10.1. The van der Waals surface area contributed by atoms with Crippen LogP contribution in [0.15, 0.2) is 48.2 Å². The minimum atomic E-state index is -0.462. The van der Waals surface area contributed by atoms with Gasteiger partial charge in [-0.15, -0.1) is 12.4 Å². The maximum absolute atomic E-state index is 12.5. The molecule has 8 heteroatoms. The number of benzene rings is 2. The van der Waals surface area contributed by atoms with Crippen LogP contribution >= 0.6 is 24.0 Å². The van der Waals surface area contributed by atoms with Gasteiger partial charge in [-0.05, 0) is 49.2 Å². The molecule has 0 unspecified atom stereocenters. The lowest BCUT2D eigenvalue weighted by atomic mass is 10.1. The van der Waals surface area contributed by atoms with Crippen molar-refractivity contribution in [1.29, 1.82) is 5.26 Å². The van der Waals surface area contributed by atoms with E-state index in [9.17, 15) is 10.1 Å². The van der Waals surface area contributed by atoms with Gasteiger partial charge in [0.05, 0.1) is 12.1 Å². The number of carbonyl (C=O) groups excluding carboxylic acids is 1. The molecule has 0 saturated carbocycles. The van der Waals surface area contributed by atoms with Crippen molar-refractivity contribution in [3.63, 3.8) is 0 Å². The monoisotopic (exact) mass is 460 g/mol. The second-order valence-corrected chi connectivity index (χ2v) is 7.61. The summed E-state index contributed by atoms with van der Waals surface area (Å²) in [4.78, 5) is 16.9. The normalized spacial score (nSPS) is 13.8. The minimum absolute atomic E-state index is 0. The lowest BCUT2D eigenvalue weighted by molar-refractivity contribution is -0.112. The molecule has 164 valence electrons. The Morgan fingerprint density at radius 1 is 1.19 bits per heavy atom. The average molecular weight is 461 g/mol. The van der Waals surface area contributed by atoms with Crippen molar-refractivity contribution in [1.82, 2.24) is 4.90 Å². The third-order valence-electron chi connectivity index (χ3n) is 5.32. The first kappa shape index (κ1) is 24.4. The van der Waals surface area contributed by atoms with Gasteiger partial charge in [-0.3, -0.25) is 4.79 Å². The number of halogens is 2. The number of methoxy groups -OCH3 is 1. The third-order valence-corrected chi connectivity index (χ3v) is 5.61. The Balaban J connectivity index is 0.00000341. The van der Waals surface area contributed by atoms with E-state index in [0.29, 0.717) is 16.5 Å². The Labute approximate surface area is 194 Å². The van der Waals surface area contributed by atoms with Crippen molar-refractivity contribution in [3.8, 4) is 11.8 Å². The van der Waals surface area contributed by atoms with Crippen LogP contribution in [-0.2, 0) is 4.79 Å². The molecular weight excluding hydrogens is 435 g/mol. The van der Waals surface area contributed by atoms with Crippen LogP contribution in [0.2, 0.25) is 5.02 Å². The zero-order chi connectivity index (χ0) is 21.7. The second-order valence-electron chi connectivity index (χ2n) is 7.20. The van der Waals surface area contributed by atoms with Gasteiger partial charge >= 0.3 is 0 Å². The summed E-state index contributed by atoms with van der Waals surface area (Å²) in [6.07, 6.45) is 1.64. The molecule has 0 aromatic heterocycles. The van der Waals surface area contributed by atoms with Gasteiger partial charge in [0.1, 0.15) is 17.4 Å². The molecule has 2 aromatic rings. The van der Waals surface area contributed by atoms with Gasteiger partial charge in [0.15, 0.2) is 0 Å². The molecule has 1 aliphatic rings. The molecule has 31 heavy (non-hydrogen) atoms. The van der Waals surface area contributed by atoms with E-state index in [1.807, 2.05) is 11.0 Å². The molecule has 0 bridgehead atoms. The number of rotatable bonds is 5. The molecule has 1 fully saturated rings. The summed E-state index contributed by atoms with van der Waals surface area (Å²) in [7, 11) is 1.52. The Bertz CT molecular complexity index is 1010. The van der Waals surface area contributed by atoms with Crippen LogP contribution < -0.4 is 15.0 Å². The Morgan fingerprint density at radius 3 is 2.52 bits per heavy atom. The first-order chi connectivity index (χ1) is 14.4. The highest BCUT2D eigenvalue weighted by molar-refractivity contribution is 6.32. The first-order valence-electron chi connectivity index (χ1n) is 9.75. The van der Waals surface area contributed by atoms with Crippen LogP contribution in [0.3, 0.4) is 0 Å². The van der Waals surface area contributed by atoms with E-state index in [1.54, 1.807) is 24.4 Å². The topological polar surface area (TPSA) is 68.6 Å². The van der Waals surface area contributed by atoms with Crippen LogP contribution in [-0.4, -0.2) is 44.1 Å². The van der Waals surface area contributed by atoms with Crippen LogP contribution in [0.4, 0.5) is 11.4 Å². The standard InChI is InChI=1S/C23H25ClN4O2.ClH/c1-16-5-4-6-21(17(16)2)28-11-9-27(10-12-28)15-18(14-25)23(29)26-19-7-8-22(30-3)20(24)13-19;/h4-8,13,15H,9-12H2,1-3H3,(H,26,29);1H/b18-15-;. The molecular formula is C23H26Cl2N4O2.